The normalized spacial score (nSPS) is 23.7. The Balaban J connectivity index is 2.05. The van der Waals surface area contributed by atoms with E-state index < -0.39 is 0 Å². The van der Waals surface area contributed by atoms with Crippen LogP contribution in [0.2, 0.25) is 10.2 Å². The molecule has 1 aromatic rings. The minimum Gasteiger partial charge on any atom is -0.393 e. The molecule has 4 nitrogen and oxygen atoms in total. The Kier molecular flexibility index (Phi) is 4.43. The molecule has 2 rings (SSSR count). The van der Waals surface area contributed by atoms with Crippen molar-refractivity contribution in [2.24, 2.45) is 0 Å². The number of hydrogen-bond acceptors (Lipinski definition) is 3. The molecule has 1 aliphatic carbocycles. The van der Waals surface area contributed by atoms with Gasteiger partial charge in [-0.2, -0.15) is 0 Å². The summed E-state index contributed by atoms with van der Waals surface area (Å²) in [6, 6.07) is 1.43. The molecule has 2 unspecified atom stereocenters. The second kappa shape index (κ2) is 5.87. The Morgan fingerprint density at radius 2 is 2.22 bits per heavy atom. The summed E-state index contributed by atoms with van der Waals surface area (Å²) in [6.45, 7) is 0. The van der Waals surface area contributed by atoms with Gasteiger partial charge in [-0.05, 0) is 31.7 Å². The fourth-order valence-electron chi connectivity index (χ4n) is 2.15. The van der Waals surface area contributed by atoms with Crippen molar-refractivity contribution in [2.75, 3.05) is 0 Å². The number of nitrogens with zero attached hydrogens (tertiary/aromatic N) is 1. The molecular weight excluding hydrogens is 275 g/mol. The van der Waals surface area contributed by atoms with Gasteiger partial charge in [0, 0.05) is 12.2 Å². The van der Waals surface area contributed by atoms with E-state index in [1.165, 1.54) is 12.3 Å². The zero-order chi connectivity index (χ0) is 13.1. The molecule has 1 aromatic heterocycles. The zero-order valence-electron chi connectivity index (χ0n) is 9.70. The van der Waals surface area contributed by atoms with Crippen molar-refractivity contribution in [1.82, 2.24) is 10.3 Å². The van der Waals surface area contributed by atoms with Gasteiger partial charge in [-0.3, -0.25) is 4.79 Å². The van der Waals surface area contributed by atoms with Gasteiger partial charge in [-0.15, -0.1) is 0 Å². The summed E-state index contributed by atoms with van der Waals surface area (Å²) in [7, 11) is 0. The molecule has 18 heavy (non-hydrogen) atoms. The van der Waals surface area contributed by atoms with E-state index in [0.29, 0.717) is 12.0 Å². The van der Waals surface area contributed by atoms with Crippen molar-refractivity contribution in [3.8, 4) is 0 Å². The Morgan fingerprint density at radius 1 is 1.44 bits per heavy atom. The number of amides is 1. The van der Waals surface area contributed by atoms with E-state index in [9.17, 15) is 9.90 Å². The van der Waals surface area contributed by atoms with E-state index in [2.05, 4.69) is 10.3 Å². The summed E-state index contributed by atoms with van der Waals surface area (Å²) in [5.41, 5.74) is 0.316. The number of rotatable bonds is 2. The predicted octanol–water partition coefficient (Wildman–Crippen LogP) is 2.42. The average molecular weight is 289 g/mol. The van der Waals surface area contributed by atoms with Crippen LogP contribution in [0.15, 0.2) is 12.3 Å². The van der Waals surface area contributed by atoms with Crippen LogP contribution in [0, 0.1) is 0 Å². The number of carbonyl (C=O) groups is 1. The number of aliphatic hydroxyl groups is 1. The van der Waals surface area contributed by atoms with Crippen molar-refractivity contribution in [3.05, 3.63) is 28.0 Å². The molecule has 2 N–H and O–H groups in total. The number of halogens is 2. The van der Waals surface area contributed by atoms with E-state index in [0.717, 1.165) is 19.3 Å². The minimum absolute atomic E-state index is 0.00995. The summed E-state index contributed by atoms with van der Waals surface area (Å²) < 4.78 is 0. The Labute approximate surface area is 115 Å². The molecule has 1 heterocycles. The molecule has 1 fully saturated rings. The van der Waals surface area contributed by atoms with Crippen LogP contribution in [0.1, 0.15) is 36.0 Å². The van der Waals surface area contributed by atoms with Crippen LogP contribution >= 0.6 is 23.2 Å². The van der Waals surface area contributed by atoms with Crippen LogP contribution in [-0.4, -0.2) is 28.1 Å². The van der Waals surface area contributed by atoms with Gasteiger partial charge in [0.25, 0.3) is 5.91 Å². The maximum absolute atomic E-state index is 12.0. The summed E-state index contributed by atoms with van der Waals surface area (Å²) in [4.78, 5) is 15.8. The molecule has 2 atom stereocenters. The highest BCUT2D eigenvalue weighted by atomic mass is 35.5. The third-order valence-corrected chi connectivity index (χ3v) is 3.56. The van der Waals surface area contributed by atoms with Gasteiger partial charge in [0.15, 0.2) is 0 Å². The van der Waals surface area contributed by atoms with Gasteiger partial charge < -0.3 is 10.4 Å². The van der Waals surface area contributed by atoms with Crippen LogP contribution in [0.25, 0.3) is 0 Å². The third kappa shape index (κ3) is 3.34. The van der Waals surface area contributed by atoms with Crippen LogP contribution < -0.4 is 5.32 Å². The molecule has 0 saturated heterocycles. The first-order valence-electron chi connectivity index (χ1n) is 5.86. The topological polar surface area (TPSA) is 62.2 Å². The van der Waals surface area contributed by atoms with Gasteiger partial charge in [0.05, 0.1) is 16.7 Å². The predicted molar refractivity (Wildman–Crippen MR) is 70.0 cm³/mol. The Bertz CT molecular complexity index is 454. The van der Waals surface area contributed by atoms with Crippen molar-refractivity contribution in [2.45, 2.75) is 37.8 Å². The number of aromatic nitrogens is 1. The lowest BCUT2D eigenvalue weighted by Crippen LogP contribution is -2.39. The number of carbonyl (C=O) groups excluding carboxylic acids is 1. The molecule has 0 aliphatic heterocycles. The van der Waals surface area contributed by atoms with Gasteiger partial charge >= 0.3 is 0 Å². The molecule has 1 saturated carbocycles. The maximum atomic E-state index is 12.0. The molecule has 1 aliphatic rings. The first-order chi connectivity index (χ1) is 8.56. The van der Waals surface area contributed by atoms with E-state index in [4.69, 9.17) is 23.2 Å². The SMILES string of the molecule is O=C(NC1CCCC(O)C1)c1cc(Cl)ncc1Cl. The van der Waals surface area contributed by atoms with E-state index >= 15 is 0 Å². The minimum atomic E-state index is -0.333. The Hall–Kier alpha value is -0.840. The van der Waals surface area contributed by atoms with E-state index in [1.807, 2.05) is 0 Å². The summed E-state index contributed by atoms with van der Waals surface area (Å²) in [5.74, 6) is -0.275. The third-order valence-electron chi connectivity index (χ3n) is 3.05. The average Bonchev–Trinajstić information content (AvgIpc) is 2.32. The molecule has 0 spiro atoms. The monoisotopic (exact) mass is 288 g/mol. The van der Waals surface area contributed by atoms with Crippen molar-refractivity contribution >= 4 is 29.1 Å². The molecule has 1 amide bonds. The summed E-state index contributed by atoms with van der Waals surface area (Å²) >= 11 is 11.6. The van der Waals surface area contributed by atoms with E-state index in [-0.39, 0.29) is 28.2 Å². The zero-order valence-corrected chi connectivity index (χ0v) is 11.2. The fraction of sp³-hybridized carbons (Fsp3) is 0.500. The van der Waals surface area contributed by atoms with Crippen molar-refractivity contribution in [3.63, 3.8) is 0 Å². The molecular formula is C12H14Cl2N2O2. The number of nitrogens with one attached hydrogen (secondary N) is 1. The van der Waals surface area contributed by atoms with Crippen LogP contribution in [0.4, 0.5) is 0 Å². The lowest BCUT2D eigenvalue weighted by atomic mass is 9.93. The second-order valence-corrected chi connectivity index (χ2v) is 5.27. The number of pyridine rings is 1. The van der Waals surface area contributed by atoms with Gasteiger partial charge in [0.2, 0.25) is 0 Å². The molecule has 98 valence electrons. The van der Waals surface area contributed by atoms with Crippen molar-refractivity contribution < 1.29 is 9.90 Å². The largest absolute Gasteiger partial charge is 0.393 e. The first kappa shape index (κ1) is 13.6. The van der Waals surface area contributed by atoms with Crippen LogP contribution in [-0.2, 0) is 0 Å². The lowest BCUT2D eigenvalue weighted by Gasteiger charge is -2.26. The first-order valence-corrected chi connectivity index (χ1v) is 6.62. The highest BCUT2D eigenvalue weighted by Crippen LogP contribution is 2.21. The number of hydrogen-bond donors (Lipinski definition) is 2. The van der Waals surface area contributed by atoms with E-state index in [1.54, 1.807) is 0 Å². The van der Waals surface area contributed by atoms with Crippen LogP contribution in [0.5, 0.6) is 0 Å². The molecule has 0 aromatic carbocycles. The van der Waals surface area contributed by atoms with Gasteiger partial charge in [-0.1, -0.05) is 23.2 Å². The molecule has 6 heteroatoms. The Morgan fingerprint density at radius 3 is 2.94 bits per heavy atom. The highest BCUT2D eigenvalue weighted by Gasteiger charge is 2.23. The maximum Gasteiger partial charge on any atom is 0.253 e. The highest BCUT2D eigenvalue weighted by molar-refractivity contribution is 6.35. The summed E-state index contributed by atoms with van der Waals surface area (Å²) in [6.07, 6.45) is 4.20. The quantitative estimate of drug-likeness (QED) is 0.822. The fourth-order valence-corrected chi connectivity index (χ4v) is 2.49. The van der Waals surface area contributed by atoms with Gasteiger partial charge in [-0.25, -0.2) is 4.98 Å². The summed E-state index contributed by atoms with van der Waals surface area (Å²) in [5, 5.41) is 12.9. The second-order valence-electron chi connectivity index (χ2n) is 4.48. The lowest BCUT2D eigenvalue weighted by molar-refractivity contribution is 0.0850. The smallest absolute Gasteiger partial charge is 0.253 e. The standard InChI is InChI=1S/C12H14Cl2N2O2/c13-10-6-15-11(14)5-9(10)12(18)16-7-2-1-3-8(17)4-7/h5-8,17H,1-4H2,(H,16,18). The number of aliphatic hydroxyl groups excluding tert-OH is 1. The molecule has 0 radical (unpaired) electrons. The molecule has 0 bridgehead atoms. The van der Waals surface area contributed by atoms with Crippen molar-refractivity contribution in [1.29, 1.82) is 0 Å². The van der Waals surface area contributed by atoms with Gasteiger partial charge in [0.1, 0.15) is 5.15 Å². The van der Waals surface area contributed by atoms with Crippen LogP contribution in [0.3, 0.4) is 0 Å².